The number of halogens is 1. The van der Waals surface area contributed by atoms with Gasteiger partial charge in [-0.1, -0.05) is 23.7 Å². The van der Waals surface area contributed by atoms with Crippen LogP contribution in [-0.4, -0.2) is 19.3 Å². The zero-order valence-electron chi connectivity index (χ0n) is 10.8. The fraction of sp³-hybridized carbons (Fsp3) is 0.231. The maximum Gasteiger partial charge on any atom is 0.207 e. The molecule has 98 valence electrons. The summed E-state index contributed by atoms with van der Waals surface area (Å²) >= 11 is 6.26. The van der Waals surface area contributed by atoms with Crippen molar-refractivity contribution in [2.45, 2.75) is 20.4 Å². The van der Waals surface area contributed by atoms with E-state index in [0.717, 1.165) is 29.1 Å². The Kier molecular flexibility index (Phi) is 2.71. The lowest BCUT2D eigenvalue weighted by Gasteiger charge is -2.09. The van der Waals surface area contributed by atoms with Gasteiger partial charge in [-0.05, 0) is 26.0 Å². The van der Waals surface area contributed by atoms with Crippen LogP contribution in [0.25, 0.3) is 16.9 Å². The Morgan fingerprint density at radius 2 is 2.05 bits per heavy atom. The van der Waals surface area contributed by atoms with Gasteiger partial charge in [-0.2, -0.15) is 5.10 Å². The molecule has 0 radical (unpaired) electrons. The number of nitrogens with zero attached hydrogens (tertiary/aromatic N) is 4. The van der Waals surface area contributed by atoms with Gasteiger partial charge in [0.1, 0.15) is 5.52 Å². The lowest BCUT2D eigenvalue weighted by molar-refractivity contribution is 0.663. The number of para-hydroxylation sites is 1. The topological polar surface area (TPSA) is 61.7 Å². The Balaban J connectivity index is 2.41. The number of nitrogen functional groups attached to an aromatic ring is 1. The smallest absolute Gasteiger partial charge is 0.207 e. The quantitative estimate of drug-likeness (QED) is 0.782. The molecule has 0 atom stereocenters. The summed E-state index contributed by atoms with van der Waals surface area (Å²) in [6, 6.07) is 7.56. The zero-order valence-corrected chi connectivity index (χ0v) is 11.5. The van der Waals surface area contributed by atoms with Gasteiger partial charge >= 0.3 is 0 Å². The maximum atomic E-state index is 6.26. The molecule has 0 saturated carbocycles. The minimum Gasteiger partial charge on any atom is -0.369 e. The molecule has 6 heteroatoms. The third kappa shape index (κ3) is 1.69. The summed E-state index contributed by atoms with van der Waals surface area (Å²) in [4.78, 5) is 4.40. The fourth-order valence-corrected chi connectivity index (χ4v) is 2.50. The highest BCUT2D eigenvalue weighted by Crippen LogP contribution is 2.29. The van der Waals surface area contributed by atoms with Gasteiger partial charge in [0.05, 0.1) is 16.4 Å². The van der Waals surface area contributed by atoms with Gasteiger partial charge in [-0.15, -0.1) is 0 Å². The highest BCUT2D eigenvalue weighted by Gasteiger charge is 2.18. The third-order valence-electron chi connectivity index (χ3n) is 3.13. The molecule has 5 nitrogen and oxygen atoms in total. The summed E-state index contributed by atoms with van der Waals surface area (Å²) in [5.41, 5.74) is 9.43. The van der Waals surface area contributed by atoms with Gasteiger partial charge in [0.15, 0.2) is 5.65 Å². The first-order valence-corrected chi connectivity index (χ1v) is 6.47. The van der Waals surface area contributed by atoms with Crippen molar-refractivity contribution < 1.29 is 0 Å². The molecular weight excluding hydrogens is 262 g/mol. The van der Waals surface area contributed by atoms with E-state index in [-0.39, 0.29) is 0 Å². The maximum absolute atomic E-state index is 6.26. The third-order valence-corrected chi connectivity index (χ3v) is 3.45. The van der Waals surface area contributed by atoms with Crippen molar-refractivity contribution >= 4 is 28.7 Å². The molecule has 0 fully saturated rings. The second-order valence-corrected chi connectivity index (χ2v) is 4.74. The molecule has 0 amide bonds. The van der Waals surface area contributed by atoms with Crippen LogP contribution in [0.15, 0.2) is 24.3 Å². The number of imidazole rings is 1. The summed E-state index contributed by atoms with van der Waals surface area (Å²) in [6.45, 7) is 4.71. The van der Waals surface area contributed by atoms with E-state index in [4.69, 9.17) is 17.3 Å². The number of hydrogen-bond donors (Lipinski definition) is 1. The van der Waals surface area contributed by atoms with E-state index in [1.54, 1.807) is 0 Å². The van der Waals surface area contributed by atoms with E-state index >= 15 is 0 Å². The Morgan fingerprint density at radius 3 is 2.74 bits per heavy atom. The molecule has 0 spiro atoms. The van der Waals surface area contributed by atoms with Crippen LogP contribution in [0, 0.1) is 6.92 Å². The lowest BCUT2D eigenvalue weighted by atomic mass is 10.3. The second kappa shape index (κ2) is 4.28. The van der Waals surface area contributed by atoms with E-state index in [1.165, 1.54) is 0 Å². The van der Waals surface area contributed by atoms with Gasteiger partial charge in [0.2, 0.25) is 5.95 Å². The minimum atomic E-state index is 0.422. The highest BCUT2D eigenvalue weighted by atomic mass is 35.5. The number of benzene rings is 1. The van der Waals surface area contributed by atoms with Crippen molar-refractivity contribution in [3.05, 3.63) is 35.0 Å². The number of anilines is 1. The van der Waals surface area contributed by atoms with E-state index < -0.39 is 0 Å². The van der Waals surface area contributed by atoms with Crippen molar-refractivity contribution in [2.75, 3.05) is 5.73 Å². The Labute approximate surface area is 115 Å². The average molecular weight is 276 g/mol. The Bertz CT molecular complexity index is 756. The van der Waals surface area contributed by atoms with Crippen LogP contribution in [0.5, 0.6) is 0 Å². The summed E-state index contributed by atoms with van der Waals surface area (Å²) in [5, 5.41) is 5.09. The summed E-state index contributed by atoms with van der Waals surface area (Å²) in [6.07, 6.45) is 0. The zero-order chi connectivity index (χ0) is 13.6. The van der Waals surface area contributed by atoms with Crippen LogP contribution in [0.1, 0.15) is 12.6 Å². The monoisotopic (exact) mass is 275 g/mol. The first-order chi connectivity index (χ1) is 9.13. The molecule has 19 heavy (non-hydrogen) atoms. The summed E-state index contributed by atoms with van der Waals surface area (Å²) in [7, 11) is 0. The lowest BCUT2D eigenvalue weighted by Crippen LogP contribution is -2.06. The molecule has 0 aliphatic heterocycles. The van der Waals surface area contributed by atoms with Gasteiger partial charge in [-0.25, -0.2) is 9.67 Å². The molecule has 3 rings (SSSR count). The number of aromatic nitrogens is 4. The molecule has 3 aromatic rings. The molecule has 0 saturated heterocycles. The SMILES string of the molecule is CCn1nc(C)c2nc(N)n(-c3ccccc3Cl)c21. The van der Waals surface area contributed by atoms with Crippen molar-refractivity contribution in [1.82, 2.24) is 19.3 Å². The molecule has 1 aromatic carbocycles. The predicted molar refractivity (Wildman–Crippen MR) is 76.7 cm³/mol. The van der Waals surface area contributed by atoms with E-state index in [0.29, 0.717) is 11.0 Å². The normalized spacial score (nSPS) is 11.3. The average Bonchev–Trinajstić information content (AvgIpc) is 2.88. The number of fused-ring (bicyclic) bond motifs is 1. The van der Waals surface area contributed by atoms with Crippen molar-refractivity contribution in [2.24, 2.45) is 0 Å². The van der Waals surface area contributed by atoms with Crippen LogP contribution in [0.4, 0.5) is 5.95 Å². The first-order valence-electron chi connectivity index (χ1n) is 6.09. The van der Waals surface area contributed by atoms with Gasteiger partial charge in [0.25, 0.3) is 0 Å². The summed E-state index contributed by atoms with van der Waals surface area (Å²) in [5.74, 6) is 0.422. The Hall–Kier alpha value is -2.01. The fourth-order valence-electron chi connectivity index (χ4n) is 2.28. The number of aryl methyl sites for hydroxylation is 2. The molecule has 0 unspecified atom stereocenters. The molecule has 0 aliphatic carbocycles. The molecule has 2 N–H and O–H groups in total. The standard InChI is InChI=1S/C13H14ClN5/c1-3-18-12-11(8(2)17-18)16-13(15)19(12)10-7-5-4-6-9(10)14/h4-7H,3H2,1-2H3,(H2,15,16). The van der Waals surface area contributed by atoms with Crippen LogP contribution >= 0.6 is 11.6 Å². The van der Waals surface area contributed by atoms with Crippen LogP contribution in [0.3, 0.4) is 0 Å². The molecular formula is C13H14ClN5. The van der Waals surface area contributed by atoms with Gasteiger partial charge in [-0.3, -0.25) is 4.57 Å². The van der Waals surface area contributed by atoms with Crippen molar-refractivity contribution in [3.63, 3.8) is 0 Å². The molecule has 2 aromatic heterocycles. The minimum absolute atomic E-state index is 0.422. The van der Waals surface area contributed by atoms with Gasteiger partial charge in [0, 0.05) is 6.54 Å². The molecule has 0 bridgehead atoms. The molecule has 2 heterocycles. The first kappa shape index (κ1) is 12.0. The second-order valence-electron chi connectivity index (χ2n) is 4.33. The number of rotatable bonds is 2. The summed E-state index contributed by atoms with van der Waals surface area (Å²) < 4.78 is 3.73. The van der Waals surface area contributed by atoms with Crippen molar-refractivity contribution in [1.29, 1.82) is 0 Å². The highest BCUT2D eigenvalue weighted by molar-refractivity contribution is 6.32. The molecule has 0 aliphatic rings. The number of nitrogens with two attached hydrogens (primary N) is 1. The Morgan fingerprint density at radius 1 is 1.32 bits per heavy atom. The van der Waals surface area contributed by atoms with Crippen LogP contribution < -0.4 is 5.73 Å². The van der Waals surface area contributed by atoms with Crippen LogP contribution in [-0.2, 0) is 6.54 Å². The predicted octanol–water partition coefficient (Wildman–Crippen LogP) is 2.79. The number of hydrogen-bond acceptors (Lipinski definition) is 3. The largest absolute Gasteiger partial charge is 0.369 e. The van der Waals surface area contributed by atoms with Gasteiger partial charge < -0.3 is 5.73 Å². The van der Waals surface area contributed by atoms with Crippen LogP contribution in [0.2, 0.25) is 5.02 Å². The van der Waals surface area contributed by atoms with Crippen molar-refractivity contribution in [3.8, 4) is 5.69 Å². The van der Waals surface area contributed by atoms with E-state index in [2.05, 4.69) is 10.1 Å². The van der Waals surface area contributed by atoms with E-state index in [1.807, 2.05) is 47.4 Å². The van der Waals surface area contributed by atoms with E-state index in [9.17, 15) is 0 Å².